The van der Waals surface area contributed by atoms with E-state index in [0.29, 0.717) is 19.2 Å². The van der Waals surface area contributed by atoms with E-state index >= 15 is 0 Å². The fourth-order valence-corrected chi connectivity index (χ4v) is 1.63. The van der Waals surface area contributed by atoms with Crippen molar-refractivity contribution in [3.8, 4) is 0 Å². The second-order valence-corrected chi connectivity index (χ2v) is 4.30. The minimum Gasteiger partial charge on any atom is -0.383 e. The van der Waals surface area contributed by atoms with Gasteiger partial charge < -0.3 is 15.4 Å². The Morgan fingerprint density at radius 1 is 1.47 bits per heavy atom. The minimum absolute atomic E-state index is 0.0551. The summed E-state index contributed by atoms with van der Waals surface area (Å²) in [6, 6.07) is 0.339. The number of hydrogen-bond acceptors (Lipinski definition) is 3. The van der Waals surface area contributed by atoms with Gasteiger partial charge >= 0.3 is 0 Å². The third kappa shape index (κ3) is 4.62. The quantitative estimate of drug-likeness (QED) is 0.608. The topological polar surface area (TPSA) is 50.4 Å². The fourth-order valence-electron chi connectivity index (χ4n) is 1.63. The summed E-state index contributed by atoms with van der Waals surface area (Å²) in [4.78, 5) is 11.6. The maximum atomic E-state index is 11.6. The van der Waals surface area contributed by atoms with Gasteiger partial charge in [-0.3, -0.25) is 4.79 Å². The van der Waals surface area contributed by atoms with Gasteiger partial charge in [0.05, 0.1) is 12.6 Å². The lowest BCUT2D eigenvalue weighted by molar-refractivity contribution is -0.123. The van der Waals surface area contributed by atoms with Crippen LogP contribution in [0.4, 0.5) is 0 Å². The molecule has 0 aromatic heterocycles. The average molecular weight is 214 g/mol. The van der Waals surface area contributed by atoms with Crippen LogP contribution in [-0.2, 0) is 9.53 Å². The highest BCUT2D eigenvalue weighted by Gasteiger charge is 2.29. The first-order valence-electron chi connectivity index (χ1n) is 5.68. The highest BCUT2D eigenvalue weighted by atomic mass is 16.5. The minimum atomic E-state index is -0.113. The molecule has 0 aromatic carbocycles. The summed E-state index contributed by atoms with van der Waals surface area (Å²) in [6.45, 7) is 5.20. The normalized spacial score (nSPS) is 19.7. The first kappa shape index (κ1) is 12.5. The lowest BCUT2D eigenvalue weighted by atomic mass is 10.2. The molecule has 1 saturated carbocycles. The first-order chi connectivity index (χ1) is 7.15. The summed E-state index contributed by atoms with van der Waals surface area (Å²) in [5.41, 5.74) is 0. The van der Waals surface area contributed by atoms with Crippen molar-refractivity contribution in [3.63, 3.8) is 0 Å². The molecular weight excluding hydrogens is 192 g/mol. The number of carbonyl (C=O) groups is 1. The Morgan fingerprint density at radius 3 is 2.67 bits per heavy atom. The van der Waals surface area contributed by atoms with Gasteiger partial charge in [0.1, 0.15) is 0 Å². The number of rotatable bonds is 7. The van der Waals surface area contributed by atoms with Gasteiger partial charge in [-0.2, -0.15) is 0 Å². The molecule has 1 rings (SSSR count). The van der Waals surface area contributed by atoms with Crippen LogP contribution >= 0.6 is 0 Å². The molecule has 1 aliphatic carbocycles. The monoisotopic (exact) mass is 214 g/mol. The van der Waals surface area contributed by atoms with E-state index in [2.05, 4.69) is 17.6 Å². The molecule has 0 heterocycles. The van der Waals surface area contributed by atoms with Gasteiger partial charge in [-0.05, 0) is 32.6 Å². The molecule has 2 N–H and O–H groups in total. The van der Waals surface area contributed by atoms with Gasteiger partial charge in [0.2, 0.25) is 5.91 Å². The summed E-state index contributed by atoms with van der Waals surface area (Å²) in [5.74, 6) is 0.832. The predicted octanol–water partition coefficient (Wildman–Crippen LogP) is 0.526. The summed E-state index contributed by atoms with van der Waals surface area (Å²) in [6.07, 6.45) is 2.60. The number of amides is 1. The number of methoxy groups -OCH3 is 1. The van der Waals surface area contributed by atoms with Crippen LogP contribution in [0.1, 0.15) is 26.7 Å². The zero-order valence-corrected chi connectivity index (χ0v) is 9.88. The van der Waals surface area contributed by atoms with Gasteiger partial charge in [0.15, 0.2) is 0 Å². The van der Waals surface area contributed by atoms with Crippen LogP contribution in [0.2, 0.25) is 0 Å². The molecule has 4 nitrogen and oxygen atoms in total. The molecule has 1 aliphatic rings. The molecule has 4 heteroatoms. The predicted molar refractivity (Wildman–Crippen MR) is 59.7 cm³/mol. The molecule has 0 aliphatic heterocycles. The second-order valence-electron chi connectivity index (χ2n) is 4.30. The molecule has 2 unspecified atom stereocenters. The van der Waals surface area contributed by atoms with Crippen LogP contribution < -0.4 is 10.6 Å². The van der Waals surface area contributed by atoms with Crippen molar-refractivity contribution in [2.45, 2.75) is 38.8 Å². The van der Waals surface area contributed by atoms with E-state index in [4.69, 9.17) is 4.74 Å². The summed E-state index contributed by atoms with van der Waals surface area (Å²) in [7, 11) is 1.63. The third-order valence-electron chi connectivity index (χ3n) is 2.84. The Bertz CT molecular complexity index is 205. The Kier molecular flexibility index (Phi) is 5.05. The van der Waals surface area contributed by atoms with Crippen molar-refractivity contribution in [1.82, 2.24) is 10.6 Å². The van der Waals surface area contributed by atoms with Crippen LogP contribution in [0.5, 0.6) is 0 Å². The zero-order chi connectivity index (χ0) is 11.3. The molecule has 1 amide bonds. The smallest absolute Gasteiger partial charge is 0.236 e. The molecule has 1 fully saturated rings. The highest BCUT2D eigenvalue weighted by molar-refractivity contribution is 5.81. The highest BCUT2D eigenvalue weighted by Crippen LogP contribution is 2.32. The van der Waals surface area contributed by atoms with Crippen molar-refractivity contribution < 1.29 is 9.53 Å². The number of ether oxygens (including phenoxy) is 1. The molecule has 88 valence electrons. The lowest BCUT2D eigenvalue weighted by Gasteiger charge is -2.19. The zero-order valence-electron chi connectivity index (χ0n) is 9.88. The number of nitrogens with one attached hydrogen (secondary N) is 2. The number of hydrogen-bond donors (Lipinski definition) is 2. The molecule has 15 heavy (non-hydrogen) atoms. The molecule has 0 spiro atoms. The third-order valence-corrected chi connectivity index (χ3v) is 2.84. The SMILES string of the molecule is COCCNC(=O)C(C)NC(C)C1CC1. The maximum Gasteiger partial charge on any atom is 0.236 e. The van der Waals surface area contributed by atoms with Gasteiger partial charge in [-0.1, -0.05) is 0 Å². The Balaban J connectivity index is 2.13. The van der Waals surface area contributed by atoms with Crippen molar-refractivity contribution in [2.75, 3.05) is 20.3 Å². The molecular formula is C11H22N2O2. The van der Waals surface area contributed by atoms with E-state index < -0.39 is 0 Å². The van der Waals surface area contributed by atoms with Crippen molar-refractivity contribution in [3.05, 3.63) is 0 Å². The lowest BCUT2D eigenvalue weighted by Crippen LogP contribution is -2.47. The Labute approximate surface area is 91.8 Å². The maximum absolute atomic E-state index is 11.6. The Hall–Kier alpha value is -0.610. The van der Waals surface area contributed by atoms with Gasteiger partial charge in [0.25, 0.3) is 0 Å². The van der Waals surface area contributed by atoms with E-state index in [0.717, 1.165) is 5.92 Å². The van der Waals surface area contributed by atoms with E-state index in [1.165, 1.54) is 12.8 Å². The van der Waals surface area contributed by atoms with Crippen LogP contribution in [0.15, 0.2) is 0 Å². The van der Waals surface area contributed by atoms with Crippen LogP contribution in [-0.4, -0.2) is 38.3 Å². The molecule has 0 radical (unpaired) electrons. The molecule has 0 bridgehead atoms. The molecule has 0 saturated heterocycles. The summed E-state index contributed by atoms with van der Waals surface area (Å²) < 4.78 is 4.87. The molecule has 2 atom stereocenters. The van der Waals surface area contributed by atoms with E-state index in [1.807, 2.05) is 6.92 Å². The van der Waals surface area contributed by atoms with Crippen molar-refractivity contribution in [2.24, 2.45) is 5.92 Å². The second kappa shape index (κ2) is 6.08. The molecule has 0 aromatic rings. The van der Waals surface area contributed by atoms with Gasteiger partial charge in [-0.25, -0.2) is 0 Å². The standard InChI is InChI=1S/C11H22N2O2/c1-8(10-4-5-10)13-9(2)11(14)12-6-7-15-3/h8-10,13H,4-7H2,1-3H3,(H,12,14). The van der Waals surface area contributed by atoms with E-state index in [-0.39, 0.29) is 11.9 Å². The first-order valence-corrected chi connectivity index (χ1v) is 5.68. The van der Waals surface area contributed by atoms with Gasteiger partial charge in [0, 0.05) is 19.7 Å². The van der Waals surface area contributed by atoms with Crippen LogP contribution in [0, 0.1) is 5.92 Å². The van der Waals surface area contributed by atoms with E-state index in [9.17, 15) is 4.79 Å². The Morgan fingerprint density at radius 2 is 2.13 bits per heavy atom. The number of carbonyl (C=O) groups excluding carboxylic acids is 1. The van der Waals surface area contributed by atoms with Crippen molar-refractivity contribution >= 4 is 5.91 Å². The largest absolute Gasteiger partial charge is 0.383 e. The average Bonchev–Trinajstić information content (AvgIpc) is 3.00. The summed E-state index contributed by atoms with van der Waals surface area (Å²) in [5, 5.41) is 6.14. The van der Waals surface area contributed by atoms with Crippen LogP contribution in [0.3, 0.4) is 0 Å². The van der Waals surface area contributed by atoms with Gasteiger partial charge in [-0.15, -0.1) is 0 Å². The van der Waals surface area contributed by atoms with E-state index in [1.54, 1.807) is 7.11 Å². The fraction of sp³-hybridized carbons (Fsp3) is 0.909. The van der Waals surface area contributed by atoms with Crippen LogP contribution in [0.25, 0.3) is 0 Å². The summed E-state index contributed by atoms with van der Waals surface area (Å²) >= 11 is 0. The van der Waals surface area contributed by atoms with Crippen molar-refractivity contribution in [1.29, 1.82) is 0 Å².